The first kappa shape index (κ1) is 22.2. The summed E-state index contributed by atoms with van der Waals surface area (Å²) in [5, 5.41) is 29.3. The lowest BCUT2D eigenvalue weighted by atomic mass is 10.1. The van der Waals surface area contributed by atoms with Gasteiger partial charge >= 0.3 is 11.4 Å². The van der Waals surface area contributed by atoms with Crippen molar-refractivity contribution in [2.45, 2.75) is 13.8 Å². The van der Waals surface area contributed by atoms with Crippen LogP contribution in [0.3, 0.4) is 0 Å². The molecule has 0 unspecified atom stereocenters. The standard InChI is InChI=1S/C11H9ClFN3O2.C5H6ClN3O2/c1-6-10(16(17)18)11(15(2)14-6)8-4-3-7(13)5-9(8)12;1-3-4(9(10)11)5(6)8(2)7-3/h3-5H,1-2H3;1-2H3. The quantitative estimate of drug-likeness (QED) is 0.436. The Balaban J connectivity index is 0.000000234. The van der Waals surface area contributed by atoms with Gasteiger partial charge in [-0.05, 0) is 32.0 Å². The largest absolute Gasteiger partial charge is 0.328 e. The Labute approximate surface area is 173 Å². The zero-order chi connectivity index (χ0) is 22.0. The summed E-state index contributed by atoms with van der Waals surface area (Å²) in [6.45, 7) is 3.09. The zero-order valence-electron chi connectivity index (χ0n) is 15.7. The van der Waals surface area contributed by atoms with Crippen LogP contribution < -0.4 is 0 Å². The molecule has 0 atom stereocenters. The van der Waals surface area contributed by atoms with Gasteiger partial charge in [0.15, 0.2) is 0 Å². The third-order valence-corrected chi connectivity index (χ3v) is 4.60. The Morgan fingerprint density at radius 3 is 1.90 bits per heavy atom. The predicted octanol–water partition coefficient (Wildman–Crippen LogP) is 4.39. The topological polar surface area (TPSA) is 122 Å². The van der Waals surface area contributed by atoms with Gasteiger partial charge in [-0.2, -0.15) is 10.2 Å². The maximum absolute atomic E-state index is 13.0. The van der Waals surface area contributed by atoms with Crippen LogP contribution in [0.15, 0.2) is 18.2 Å². The SMILES string of the molecule is Cc1nn(C)c(-c2ccc(F)cc2Cl)c1[N+](=O)[O-].Cc1nn(C)c(Cl)c1[N+](=O)[O-]. The summed E-state index contributed by atoms with van der Waals surface area (Å²) in [6, 6.07) is 3.72. The summed E-state index contributed by atoms with van der Waals surface area (Å²) >= 11 is 11.5. The summed E-state index contributed by atoms with van der Waals surface area (Å²) in [7, 11) is 3.14. The second kappa shape index (κ2) is 8.53. The average Bonchev–Trinajstić information content (AvgIpc) is 3.02. The van der Waals surface area contributed by atoms with E-state index < -0.39 is 15.7 Å². The van der Waals surface area contributed by atoms with Crippen LogP contribution in [0.5, 0.6) is 0 Å². The summed E-state index contributed by atoms with van der Waals surface area (Å²) in [5.41, 5.74) is 1.04. The Hall–Kier alpha value is -3.05. The third-order valence-electron chi connectivity index (χ3n) is 3.86. The smallest absolute Gasteiger partial charge is 0.261 e. The van der Waals surface area contributed by atoms with E-state index in [2.05, 4.69) is 10.2 Å². The van der Waals surface area contributed by atoms with Crippen LogP contribution in [0, 0.1) is 39.9 Å². The van der Waals surface area contributed by atoms with E-state index in [1.165, 1.54) is 21.5 Å². The summed E-state index contributed by atoms with van der Waals surface area (Å²) in [5.74, 6) is -0.495. The normalized spacial score (nSPS) is 10.4. The maximum atomic E-state index is 13.0. The maximum Gasteiger partial charge on any atom is 0.328 e. The highest BCUT2D eigenvalue weighted by atomic mass is 35.5. The fourth-order valence-electron chi connectivity index (χ4n) is 2.68. The zero-order valence-corrected chi connectivity index (χ0v) is 17.2. The molecule has 0 N–H and O–H groups in total. The van der Waals surface area contributed by atoms with Gasteiger partial charge in [0.2, 0.25) is 5.15 Å². The van der Waals surface area contributed by atoms with E-state index in [1.54, 1.807) is 27.9 Å². The van der Waals surface area contributed by atoms with Crippen LogP contribution >= 0.6 is 23.2 Å². The Morgan fingerprint density at radius 1 is 0.966 bits per heavy atom. The minimum Gasteiger partial charge on any atom is -0.261 e. The first-order chi connectivity index (χ1) is 13.5. The average molecular weight is 445 g/mol. The molecule has 13 heteroatoms. The molecule has 3 aromatic rings. The van der Waals surface area contributed by atoms with Crippen molar-refractivity contribution in [3.63, 3.8) is 0 Å². The molecule has 0 spiro atoms. The van der Waals surface area contributed by atoms with Gasteiger partial charge < -0.3 is 0 Å². The fraction of sp³-hybridized carbons (Fsp3) is 0.250. The Bertz CT molecular complexity index is 1110. The van der Waals surface area contributed by atoms with Crippen LogP contribution in [0.25, 0.3) is 11.3 Å². The van der Waals surface area contributed by atoms with Crippen molar-refractivity contribution < 1.29 is 14.2 Å². The van der Waals surface area contributed by atoms with Crippen LogP contribution in [0.1, 0.15) is 11.4 Å². The number of rotatable bonds is 3. The molecule has 0 amide bonds. The summed E-state index contributed by atoms with van der Waals surface area (Å²) in [6.07, 6.45) is 0. The van der Waals surface area contributed by atoms with E-state index in [9.17, 15) is 24.6 Å². The van der Waals surface area contributed by atoms with Crippen LogP contribution in [-0.4, -0.2) is 29.4 Å². The first-order valence-corrected chi connectivity index (χ1v) is 8.68. The Morgan fingerprint density at radius 2 is 1.48 bits per heavy atom. The molecule has 0 saturated heterocycles. The summed E-state index contributed by atoms with van der Waals surface area (Å²) < 4.78 is 15.6. The van der Waals surface area contributed by atoms with Gasteiger partial charge in [0.05, 0.1) is 14.9 Å². The monoisotopic (exact) mass is 444 g/mol. The molecule has 2 aromatic heterocycles. The highest BCUT2D eigenvalue weighted by Gasteiger charge is 2.26. The lowest BCUT2D eigenvalue weighted by Crippen LogP contribution is -1.97. The molecule has 0 fully saturated rings. The second-order valence-electron chi connectivity index (χ2n) is 5.89. The van der Waals surface area contributed by atoms with Crippen LogP contribution in [0.2, 0.25) is 10.2 Å². The van der Waals surface area contributed by atoms with E-state index in [-0.39, 0.29) is 32.9 Å². The van der Waals surface area contributed by atoms with Gasteiger partial charge in [0, 0.05) is 19.7 Å². The molecule has 0 saturated carbocycles. The Kier molecular flexibility index (Phi) is 6.55. The highest BCUT2D eigenvalue weighted by Crippen LogP contribution is 2.36. The van der Waals surface area contributed by atoms with E-state index >= 15 is 0 Å². The molecule has 0 aliphatic rings. The van der Waals surface area contributed by atoms with Crippen molar-refractivity contribution in [3.8, 4) is 11.3 Å². The number of nitro groups is 2. The molecular formula is C16H15Cl2FN6O4. The molecule has 154 valence electrons. The van der Waals surface area contributed by atoms with Crippen molar-refractivity contribution in [3.05, 3.63) is 65.8 Å². The number of hydrogen-bond donors (Lipinski definition) is 0. The molecule has 29 heavy (non-hydrogen) atoms. The minimum atomic E-state index is -0.537. The molecule has 0 aliphatic carbocycles. The van der Waals surface area contributed by atoms with Gasteiger partial charge in [-0.3, -0.25) is 29.6 Å². The highest BCUT2D eigenvalue weighted by molar-refractivity contribution is 6.33. The molecule has 1 aromatic carbocycles. The molecule has 0 radical (unpaired) electrons. The lowest BCUT2D eigenvalue weighted by molar-refractivity contribution is -0.385. The molecular weight excluding hydrogens is 430 g/mol. The number of aromatic nitrogens is 4. The molecule has 3 rings (SSSR count). The number of aryl methyl sites for hydroxylation is 4. The van der Waals surface area contributed by atoms with E-state index in [0.717, 1.165) is 6.07 Å². The van der Waals surface area contributed by atoms with Gasteiger partial charge in [0.1, 0.15) is 22.9 Å². The summed E-state index contributed by atoms with van der Waals surface area (Å²) in [4.78, 5) is 20.3. The van der Waals surface area contributed by atoms with Gasteiger partial charge in [-0.15, -0.1) is 0 Å². The molecule has 0 aliphatic heterocycles. The van der Waals surface area contributed by atoms with Crippen molar-refractivity contribution in [2.24, 2.45) is 14.1 Å². The number of nitrogens with zero attached hydrogens (tertiary/aromatic N) is 6. The molecule has 0 bridgehead atoms. The number of halogens is 3. The van der Waals surface area contributed by atoms with Crippen molar-refractivity contribution in [2.75, 3.05) is 0 Å². The van der Waals surface area contributed by atoms with Crippen LogP contribution in [0.4, 0.5) is 15.8 Å². The van der Waals surface area contributed by atoms with E-state index in [0.29, 0.717) is 11.3 Å². The van der Waals surface area contributed by atoms with Crippen molar-refractivity contribution in [1.29, 1.82) is 0 Å². The third kappa shape index (κ3) is 4.51. The van der Waals surface area contributed by atoms with Crippen LogP contribution in [-0.2, 0) is 14.1 Å². The number of benzene rings is 1. The first-order valence-electron chi connectivity index (χ1n) is 7.92. The van der Waals surface area contributed by atoms with Crippen molar-refractivity contribution in [1.82, 2.24) is 19.6 Å². The van der Waals surface area contributed by atoms with E-state index in [4.69, 9.17) is 23.2 Å². The fourth-order valence-corrected chi connectivity index (χ4v) is 3.18. The molecule has 10 nitrogen and oxygen atoms in total. The van der Waals surface area contributed by atoms with E-state index in [1.807, 2.05) is 0 Å². The van der Waals surface area contributed by atoms with Gasteiger partial charge in [0.25, 0.3) is 0 Å². The minimum absolute atomic E-state index is 0.0625. The molecule has 2 heterocycles. The van der Waals surface area contributed by atoms with Gasteiger partial charge in [-0.1, -0.05) is 23.2 Å². The lowest BCUT2D eigenvalue weighted by Gasteiger charge is -2.04. The second-order valence-corrected chi connectivity index (χ2v) is 6.66. The number of hydrogen-bond acceptors (Lipinski definition) is 6. The van der Waals surface area contributed by atoms with Gasteiger partial charge in [-0.25, -0.2) is 4.39 Å². The van der Waals surface area contributed by atoms with Crippen molar-refractivity contribution >= 4 is 34.6 Å². The predicted molar refractivity (Wildman–Crippen MR) is 105 cm³/mol.